The first kappa shape index (κ1) is 14.1. The number of anilines is 1. The lowest BCUT2D eigenvalue weighted by Gasteiger charge is -2.26. The number of carboxylic acids is 1. The van der Waals surface area contributed by atoms with Crippen LogP contribution in [0, 0.1) is 23.7 Å². The Morgan fingerprint density at radius 2 is 1.90 bits per heavy atom. The van der Waals surface area contributed by atoms with Crippen LogP contribution in [0.25, 0.3) is 0 Å². The van der Waals surface area contributed by atoms with Crippen LogP contribution in [0.2, 0.25) is 0 Å². The van der Waals surface area contributed by atoms with Crippen LogP contribution in [0.1, 0.15) is 29.6 Å². The molecule has 2 fully saturated rings. The van der Waals surface area contributed by atoms with Crippen LogP contribution >= 0.6 is 11.3 Å². The van der Waals surface area contributed by atoms with Crippen molar-refractivity contribution in [3.05, 3.63) is 17.0 Å². The molecule has 6 nitrogen and oxygen atoms in total. The molecule has 2 aliphatic carbocycles. The van der Waals surface area contributed by atoms with Crippen LogP contribution in [-0.2, 0) is 9.59 Å². The zero-order valence-corrected chi connectivity index (χ0v) is 12.1. The van der Waals surface area contributed by atoms with Gasteiger partial charge in [0.05, 0.1) is 17.4 Å². The van der Waals surface area contributed by atoms with E-state index in [9.17, 15) is 19.5 Å². The summed E-state index contributed by atoms with van der Waals surface area (Å²) in [6, 6.07) is 1.55. The number of fused-ring (bicyclic) bond motifs is 2. The molecule has 21 heavy (non-hydrogen) atoms. The summed E-state index contributed by atoms with van der Waals surface area (Å²) in [7, 11) is 0. The number of aliphatic carboxylic acids is 1. The highest BCUT2D eigenvalue weighted by Gasteiger charge is 2.54. The number of carboxylic acid groups (broad SMARTS) is 1. The second-order valence-corrected chi connectivity index (χ2v) is 6.66. The summed E-state index contributed by atoms with van der Waals surface area (Å²) in [6.45, 7) is 0. The maximum absolute atomic E-state index is 12.5. The third-order valence-corrected chi connectivity index (χ3v) is 5.50. The fourth-order valence-electron chi connectivity index (χ4n) is 3.82. The number of nitrogens with one attached hydrogen (secondary N) is 1. The number of thiophene rings is 1. The number of carbonyl (C=O) groups excluding carboxylic acids is 2. The summed E-state index contributed by atoms with van der Waals surface area (Å²) in [5, 5.41) is 14.1. The summed E-state index contributed by atoms with van der Waals surface area (Å²) < 4.78 is 0. The second-order valence-electron chi connectivity index (χ2n) is 5.74. The van der Waals surface area contributed by atoms with Gasteiger partial charge in [0.15, 0.2) is 0 Å². The predicted molar refractivity (Wildman–Crippen MR) is 76.9 cm³/mol. The van der Waals surface area contributed by atoms with Crippen LogP contribution in [0.3, 0.4) is 0 Å². The van der Waals surface area contributed by atoms with Crippen molar-refractivity contribution in [2.45, 2.75) is 19.3 Å². The molecule has 0 aromatic carbocycles. The number of amides is 2. The van der Waals surface area contributed by atoms with Crippen molar-refractivity contribution in [1.82, 2.24) is 0 Å². The van der Waals surface area contributed by atoms with Crippen LogP contribution in [0.15, 0.2) is 11.4 Å². The average molecular weight is 308 g/mol. The number of hydrogen-bond acceptors (Lipinski definition) is 4. The second kappa shape index (κ2) is 5.14. The van der Waals surface area contributed by atoms with Gasteiger partial charge in [0.2, 0.25) is 5.91 Å². The Kier molecular flexibility index (Phi) is 3.44. The van der Waals surface area contributed by atoms with E-state index in [2.05, 4.69) is 5.32 Å². The third kappa shape index (κ3) is 2.31. The smallest absolute Gasteiger partial charge is 0.307 e. The summed E-state index contributed by atoms with van der Waals surface area (Å²) >= 11 is 1.21. The van der Waals surface area contributed by atoms with Gasteiger partial charge in [-0.3, -0.25) is 14.4 Å². The van der Waals surface area contributed by atoms with E-state index in [0.717, 1.165) is 19.3 Å². The molecule has 1 aromatic heterocycles. The number of rotatable bonds is 4. The van der Waals surface area contributed by atoms with Crippen molar-refractivity contribution < 1.29 is 19.5 Å². The quantitative estimate of drug-likeness (QED) is 0.783. The minimum absolute atomic E-state index is 0.0993. The molecule has 1 aromatic rings. The van der Waals surface area contributed by atoms with Crippen molar-refractivity contribution in [2.24, 2.45) is 29.4 Å². The normalized spacial score (nSPS) is 30.3. The lowest BCUT2D eigenvalue weighted by atomic mass is 9.79. The molecule has 4 N–H and O–H groups in total. The van der Waals surface area contributed by atoms with E-state index in [1.807, 2.05) is 0 Å². The highest BCUT2D eigenvalue weighted by atomic mass is 32.1. The summed E-state index contributed by atoms with van der Waals surface area (Å²) in [6.07, 6.45) is 2.60. The van der Waals surface area contributed by atoms with Crippen LogP contribution in [0.4, 0.5) is 5.00 Å². The largest absolute Gasteiger partial charge is 0.481 e. The lowest BCUT2D eigenvalue weighted by Crippen LogP contribution is -2.38. The van der Waals surface area contributed by atoms with Gasteiger partial charge in [-0.25, -0.2) is 0 Å². The summed E-state index contributed by atoms with van der Waals surface area (Å²) in [4.78, 5) is 35.2. The molecule has 7 heteroatoms. The van der Waals surface area contributed by atoms with E-state index < -0.39 is 23.7 Å². The number of nitrogens with two attached hydrogens (primary N) is 1. The first-order chi connectivity index (χ1) is 9.99. The maximum Gasteiger partial charge on any atom is 0.307 e. The zero-order chi connectivity index (χ0) is 15.1. The van der Waals surface area contributed by atoms with E-state index in [1.165, 1.54) is 11.3 Å². The number of primary amides is 1. The Hall–Kier alpha value is -1.89. The van der Waals surface area contributed by atoms with Crippen molar-refractivity contribution in [1.29, 1.82) is 0 Å². The highest BCUT2D eigenvalue weighted by Crippen LogP contribution is 2.52. The lowest BCUT2D eigenvalue weighted by molar-refractivity contribution is -0.148. The van der Waals surface area contributed by atoms with E-state index in [-0.39, 0.29) is 23.3 Å². The third-order valence-electron chi connectivity index (χ3n) is 4.67. The van der Waals surface area contributed by atoms with Gasteiger partial charge in [0.25, 0.3) is 5.91 Å². The summed E-state index contributed by atoms with van der Waals surface area (Å²) in [5.74, 6) is -2.70. The summed E-state index contributed by atoms with van der Waals surface area (Å²) in [5.41, 5.74) is 5.51. The number of hydrogen-bond donors (Lipinski definition) is 3. The van der Waals surface area contributed by atoms with Crippen molar-refractivity contribution in [3.63, 3.8) is 0 Å². The Labute approximate surface area is 125 Å². The van der Waals surface area contributed by atoms with Crippen molar-refractivity contribution in [3.8, 4) is 0 Å². The Morgan fingerprint density at radius 1 is 1.24 bits per heavy atom. The molecule has 112 valence electrons. The first-order valence-electron chi connectivity index (χ1n) is 6.90. The van der Waals surface area contributed by atoms with E-state index in [1.54, 1.807) is 11.4 Å². The van der Waals surface area contributed by atoms with E-state index >= 15 is 0 Å². The van der Waals surface area contributed by atoms with E-state index in [4.69, 9.17) is 5.73 Å². The number of carbonyl (C=O) groups is 3. The van der Waals surface area contributed by atoms with Crippen molar-refractivity contribution >= 4 is 34.1 Å². The molecule has 0 radical (unpaired) electrons. The predicted octanol–water partition coefficient (Wildman–Crippen LogP) is 1.53. The molecule has 2 amide bonds. The zero-order valence-electron chi connectivity index (χ0n) is 11.2. The molecule has 1 heterocycles. The minimum Gasteiger partial charge on any atom is -0.481 e. The molecule has 3 rings (SSSR count). The monoisotopic (exact) mass is 308 g/mol. The molecule has 2 aliphatic rings. The fraction of sp³-hybridized carbons (Fsp3) is 0.500. The first-order valence-corrected chi connectivity index (χ1v) is 7.78. The van der Waals surface area contributed by atoms with Crippen LogP contribution in [-0.4, -0.2) is 22.9 Å². The Bertz CT molecular complexity index is 612. The van der Waals surface area contributed by atoms with Gasteiger partial charge >= 0.3 is 5.97 Å². The molecule has 0 spiro atoms. The van der Waals surface area contributed by atoms with Gasteiger partial charge in [0.1, 0.15) is 5.00 Å². The van der Waals surface area contributed by atoms with Gasteiger partial charge < -0.3 is 16.2 Å². The highest BCUT2D eigenvalue weighted by molar-refractivity contribution is 7.14. The molecular weight excluding hydrogens is 292 g/mol. The maximum atomic E-state index is 12.5. The molecule has 2 bridgehead atoms. The van der Waals surface area contributed by atoms with Gasteiger partial charge in [0, 0.05) is 0 Å². The van der Waals surface area contributed by atoms with Crippen molar-refractivity contribution in [2.75, 3.05) is 5.32 Å². The van der Waals surface area contributed by atoms with Crippen LogP contribution in [0.5, 0.6) is 0 Å². The minimum atomic E-state index is -0.899. The van der Waals surface area contributed by atoms with Gasteiger partial charge in [-0.15, -0.1) is 11.3 Å². The fourth-order valence-corrected chi connectivity index (χ4v) is 4.61. The standard InChI is InChI=1S/C14H16N2O4S/c15-11(17)8-3-4-21-13(8)16-12(18)9-6-1-2-7(5-6)10(9)14(19)20/h3-4,6-7,9-10H,1-2,5H2,(H2,15,17)(H,16,18)(H,19,20). The van der Waals surface area contributed by atoms with Crippen LogP contribution < -0.4 is 11.1 Å². The molecule has 4 atom stereocenters. The van der Waals surface area contributed by atoms with Gasteiger partial charge in [-0.2, -0.15) is 0 Å². The molecule has 4 unspecified atom stereocenters. The van der Waals surface area contributed by atoms with E-state index in [0.29, 0.717) is 5.00 Å². The molecule has 2 saturated carbocycles. The molecular formula is C14H16N2O4S. The Morgan fingerprint density at radius 3 is 2.52 bits per heavy atom. The van der Waals surface area contributed by atoms with Gasteiger partial charge in [-0.1, -0.05) is 0 Å². The van der Waals surface area contributed by atoms with Gasteiger partial charge in [-0.05, 0) is 42.5 Å². The molecule has 0 saturated heterocycles. The molecule has 0 aliphatic heterocycles. The topological polar surface area (TPSA) is 109 Å². The Balaban J connectivity index is 1.80. The SMILES string of the molecule is NC(=O)c1ccsc1NC(=O)C1C2CCC(C2)C1C(=O)O. The average Bonchev–Trinajstić information content (AvgIpc) is 3.11.